The predicted molar refractivity (Wildman–Crippen MR) is 64.6 cm³/mol. The summed E-state index contributed by atoms with van der Waals surface area (Å²) < 4.78 is 0. The zero-order chi connectivity index (χ0) is 11.2. The Bertz CT molecular complexity index is 389. The van der Waals surface area contributed by atoms with Crippen molar-refractivity contribution in [3.05, 3.63) is 36.7 Å². The van der Waals surface area contributed by atoms with E-state index in [2.05, 4.69) is 43.5 Å². The van der Waals surface area contributed by atoms with Crippen molar-refractivity contribution in [2.75, 3.05) is 6.54 Å². The van der Waals surface area contributed by atoms with E-state index in [1.54, 1.807) is 0 Å². The summed E-state index contributed by atoms with van der Waals surface area (Å²) in [5.41, 5.74) is 2.94. The Morgan fingerprint density at radius 3 is 2.67 bits per heavy atom. The molecule has 1 unspecified atom stereocenters. The van der Waals surface area contributed by atoms with E-state index < -0.39 is 0 Å². The maximum Gasteiger partial charge on any atom is 0.110 e. The van der Waals surface area contributed by atoms with Crippen LogP contribution in [0.5, 0.6) is 0 Å². The lowest BCUT2D eigenvalue weighted by molar-refractivity contribution is 0.310. The van der Waals surface area contributed by atoms with Crippen LogP contribution in [-0.4, -0.2) is 17.3 Å². The second-order valence-electron chi connectivity index (χ2n) is 4.83. The van der Waals surface area contributed by atoms with Gasteiger partial charge < -0.3 is 4.90 Å². The molecule has 2 heteroatoms. The van der Waals surface area contributed by atoms with Crippen LogP contribution in [0.3, 0.4) is 0 Å². The first kappa shape index (κ1) is 10.2. The third-order valence-electron chi connectivity index (χ3n) is 3.58. The Balaban J connectivity index is 2.38. The summed E-state index contributed by atoms with van der Waals surface area (Å²) in [6.07, 6.45) is 2.18. The van der Waals surface area contributed by atoms with E-state index in [1.807, 2.05) is 0 Å². The minimum atomic E-state index is 0.326. The third-order valence-corrected chi connectivity index (χ3v) is 3.58. The summed E-state index contributed by atoms with van der Waals surface area (Å²) in [5.74, 6) is 1.11. The fourth-order valence-electron chi connectivity index (χ4n) is 2.15. The molecule has 0 aliphatic carbocycles. The standard InChI is InChI=1S/C13H18N2/c1-6-13(5)7-12-14-10(3)9(2)11(4)15(12)8-13/h2-4,6-8H2,1,5H3. The van der Waals surface area contributed by atoms with Crippen molar-refractivity contribution in [3.63, 3.8) is 0 Å². The average Bonchev–Trinajstić information content (AvgIpc) is 2.53. The van der Waals surface area contributed by atoms with E-state index in [-0.39, 0.29) is 0 Å². The van der Waals surface area contributed by atoms with Crippen molar-refractivity contribution in [1.29, 1.82) is 0 Å². The second-order valence-corrected chi connectivity index (χ2v) is 4.83. The van der Waals surface area contributed by atoms with Gasteiger partial charge in [-0.05, 0) is 11.8 Å². The van der Waals surface area contributed by atoms with Gasteiger partial charge in [0.2, 0.25) is 0 Å². The summed E-state index contributed by atoms with van der Waals surface area (Å²) in [5, 5.41) is 0. The van der Waals surface area contributed by atoms with Crippen LogP contribution >= 0.6 is 0 Å². The first-order chi connectivity index (χ1) is 6.97. The monoisotopic (exact) mass is 202 g/mol. The van der Waals surface area contributed by atoms with Crippen molar-refractivity contribution in [1.82, 2.24) is 4.90 Å². The fourth-order valence-corrected chi connectivity index (χ4v) is 2.15. The quantitative estimate of drug-likeness (QED) is 0.638. The van der Waals surface area contributed by atoms with Crippen LogP contribution in [0.2, 0.25) is 0 Å². The molecule has 1 saturated heterocycles. The van der Waals surface area contributed by atoms with Gasteiger partial charge in [0.25, 0.3) is 0 Å². The number of fused-ring (bicyclic) bond motifs is 1. The van der Waals surface area contributed by atoms with Crippen LogP contribution in [0, 0.1) is 5.41 Å². The fraction of sp³-hybridized carbons (Fsp3) is 0.462. The van der Waals surface area contributed by atoms with Gasteiger partial charge in [-0.3, -0.25) is 0 Å². The maximum atomic E-state index is 4.51. The molecule has 0 N–H and O–H groups in total. The molecule has 0 bridgehead atoms. The SMILES string of the molecule is C=C1N=C2CC(C)(CC)CN2C(=C)C1=C. The normalized spacial score (nSPS) is 30.7. The van der Waals surface area contributed by atoms with E-state index in [4.69, 9.17) is 0 Å². The Morgan fingerprint density at radius 1 is 1.40 bits per heavy atom. The molecule has 0 aromatic heterocycles. The lowest BCUT2D eigenvalue weighted by Crippen LogP contribution is -2.29. The molecule has 15 heavy (non-hydrogen) atoms. The summed E-state index contributed by atoms with van der Waals surface area (Å²) in [4.78, 5) is 6.70. The maximum absolute atomic E-state index is 4.51. The van der Waals surface area contributed by atoms with Crippen LogP contribution in [0.1, 0.15) is 26.7 Å². The summed E-state index contributed by atoms with van der Waals surface area (Å²) >= 11 is 0. The second kappa shape index (κ2) is 3.09. The molecule has 2 nitrogen and oxygen atoms in total. The van der Waals surface area contributed by atoms with E-state index in [0.717, 1.165) is 42.2 Å². The number of amidine groups is 1. The molecule has 1 fully saturated rings. The Hall–Kier alpha value is -1.31. The van der Waals surface area contributed by atoms with Gasteiger partial charge in [0.15, 0.2) is 0 Å². The predicted octanol–water partition coefficient (Wildman–Crippen LogP) is 3.10. The molecule has 2 heterocycles. The van der Waals surface area contributed by atoms with E-state index in [9.17, 15) is 0 Å². The van der Waals surface area contributed by atoms with Gasteiger partial charge in [-0.25, -0.2) is 4.99 Å². The van der Waals surface area contributed by atoms with Crippen LogP contribution in [-0.2, 0) is 0 Å². The molecule has 80 valence electrons. The Morgan fingerprint density at radius 2 is 2.07 bits per heavy atom. The molecule has 0 radical (unpaired) electrons. The number of hydrogen-bond donors (Lipinski definition) is 0. The lowest BCUT2D eigenvalue weighted by atomic mass is 9.87. The number of aliphatic imine (C=N–C) groups is 1. The van der Waals surface area contributed by atoms with Gasteiger partial charge in [-0.2, -0.15) is 0 Å². The highest BCUT2D eigenvalue weighted by Crippen LogP contribution is 2.40. The van der Waals surface area contributed by atoms with Crippen molar-refractivity contribution >= 4 is 5.84 Å². The van der Waals surface area contributed by atoms with E-state index in [0.29, 0.717) is 5.41 Å². The molecular weight excluding hydrogens is 184 g/mol. The highest BCUT2D eigenvalue weighted by Gasteiger charge is 2.40. The molecule has 0 amide bonds. The minimum absolute atomic E-state index is 0.326. The molecule has 0 saturated carbocycles. The van der Waals surface area contributed by atoms with E-state index >= 15 is 0 Å². The first-order valence-corrected chi connectivity index (χ1v) is 5.39. The number of hydrogen-bond acceptors (Lipinski definition) is 2. The van der Waals surface area contributed by atoms with Crippen molar-refractivity contribution in [2.45, 2.75) is 26.7 Å². The minimum Gasteiger partial charge on any atom is -0.329 e. The van der Waals surface area contributed by atoms with Crippen LogP contribution in [0.25, 0.3) is 0 Å². The van der Waals surface area contributed by atoms with Gasteiger partial charge >= 0.3 is 0 Å². The summed E-state index contributed by atoms with van der Waals surface area (Å²) in [6.45, 7) is 17.5. The van der Waals surface area contributed by atoms with Crippen LogP contribution in [0.15, 0.2) is 41.7 Å². The van der Waals surface area contributed by atoms with Gasteiger partial charge in [-0.15, -0.1) is 0 Å². The molecule has 2 rings (SSSR count). The average molecular weight is 202 g/mol. The van der Waals surface area contributed by atoms with Gasteiger partial charge in [0.1, 0.15) is 5.84 Å². The number of rotatable bonds is 1. The first-order valence-electron chi connectivity index (χ1n) is 5.39. The van der Waals surface area contributed by atoms with Crippen LogP contribution in [0.4, 0.5) is 0 Å². The molecule has 0 spiro atoms. The summed E-state index contributed by atoms with van der Waals surface area (Å²) in [6, 6.07) is 0. The number of nitrogens with zero attached hydrogens (tertiary/aromatic N) is 2. The van der Waals surface area contributed by atoms with Gasteiger partial charge in [0.05, 0.1) is 5.70 Å². The van der Waals surface area contributed by atoms with Crippen molar-refractivity contribution in [2.24, 2.45) is 10.4 Å². The zero-order valence-corrected chi connectivity index (χ0v) is 9.64. The Labute approximate surface area is 91.7 Å². The third kappa shape index (κ3) is 1.44. The Kier molecular flexibility index (Phi) is 2.10. The molecule has 0 aromatic carbocycles. The molecule has 2 aliphatic rings. The topological polar surface area (TPSA) is 15.6 Å². The molecule has 2 aliphatic heterocycles. The molecule has 0 aromatic rings. The zero-order valence-electron chi connectivity index (χ0n) is 9.64. The van der Waals surface area contributed by atoms with Crippen molar-refractivity contribution < 1.29 is 0 Å². The van der Waals surface area contributed by atoms with Gasteiger partial charge in [0, 0.05) is 24.2 Å². The molecule has 1 atom stereocenters. The highest BCUT2D eigenvalue weighted by molar-refractivity contribution is 5.90. The summed E-state index contributed by atoms with van der Waals surface area (Å²) in [7, 11) is 0. The lowest BCUT2D eigenvalue weighted by Gasteiger charge is -2.28. The van der Waals surface area contributed by atoms with E-state index in [1.165, 1.54) is 0 Å². The highest BCUT2D eigenvalue weighted by atomic mass is 15.3. The smallest absolute Gasteiger partial charge is 0.110 e. The molecular formula is C13H18N2. The van der Waals surface area contributed by atoms with Crippen molar-refractivity contribution in [3.8, 4) is 0 Å². The van der Waals surface area contributed by atoms with Crippen LogP contribution < -0.4 is 0 Å². The van der Waals surface area contributed by atoms with Gasteiger partial charge in [-0.1, -0.05) is 33.6 Å². The largest absolute Gasteiger partial charge is 0.329 e.